The monoisotopic (exact) mass is 282 g/mol. The first-order valence-corrected chi connectivity index (χ1v) is 7.56. The molecule has 1 saturated carbocycles. The highest BCUT2D eigenvalue weighted by atomic mass is 16.8. The molecule has 2 atom stereocenters. The van der Waals surface area contributed by atoms with Crippen molar-refractivity contribution in [3.63, 3.8) is 0 Å². The number of hydrogen-bond donors (Lipinski definition) is 0. The molecular weight excluding hydrogens is 256 g/mol. The van der Waals surface area contributed by atoms with Crippen LogP contribution in [-0.2, 0) is 18.9 Å². The standard InChI is InChI=1S/C16H26O4/c1-4-11-18-15(13(3)17-5-2)14-12-19-16(20-14)9-7-6-8-10-16/h4,14-15H,1,3,5-12H2,2H3/t14-,15-/m1/s1. The Morgan fingerprint density at radius 3 is 2.80 bits per heavy atom. The van der Waals surface area contributed by atoms with Gasteiger partial charge in [0.15, 0.2) is 5.79 Å². The molecule has 114 valence electrons. The van der Waals surface area contributed by atoms with Gasteiger partial charge in [-0.3, -0.25) is 0 Å². The third-order valence-electron chi connectivity index (χ3n) is 3.87. The van der Waals surface area contributed by atoms with Crippen LogP contribution in [-0.4, -0.2) is 37.8 Å². The van der Waals surface area contributed by atoms with Crippen LogP contribution in [0.2, 0.25) is 0 Å². The van der Waals surface area contributed by atoms with Crippen LogP contribution in [0.15, 0.2) is 25.0 Å². The summed E-state index contributed by atoms with van der Waals surface area (Å²) in [4.78, 5) is 0. The maximum Gasteiger partial charge on any atom is 0.169 e. The van der Waals surface area contributed by atoms with Gasteiger partial charge in [-0.15, -0.1) is 6.58 Å². The smallest absolute Gasteiger partial charge is 0.169 e. The fourth-order valence-corrected chi connectivity index (χ4v) is 2.93. The van der Waals surface area contributed by atoms with Gasteiger partial charge in [0.1, 0.15) is 18.0 Å². The zero-order valence-electron chi connectivity index (χ0n) is 12.4. The number of hydrogen-bond acceptors (Lipinski definition) is 4. The molecular formula is C16H26O4. The molecule has 2 rings (SSSR count). The lowest BCUT2D eigenvalue weighted by molar-refractivity contribution is -0.197. The predicted molar refractivity (Wildman–Crippen MR) is 77.3 cm³/mol. The van der Waals surface area contributed by atoms with Gasteiger partial charge in [-0.25, -0.2) is 0 Å². The van der Waals surface area contributed by atoms with Crippen LogP contribution in [0.25, 0.3) is 0 Å². The molecule has 0 aromatic rings. The normalized spacial score (nSPS) is 26.4. The van der Waals surface area contributed by atoms with E-state index in [1.54, 1.807) is 6.08 Å². The SMILES string of the molecule is C=CCO[C@H](C(=C)OCC)[C@H]1COC2(CCCCC2)O1. The quantitative estimate of drug-likeness (QED) is 0.531. The summed E-state index contributed by atoms with van der Waals surface area (Å²) in [5, 5.41) is 0. The lowest BCUT2D eigenvalue weighted by Gasteiger charge is -2.33. The zero-order valence-corrected chi connectivity index (χ0v) is 12.4. The Morgan fingerprint density at radius 1 is 1.40 bits per heavy atom. The minimum Gasteiger partial charge on any atom is -0.496 e. The second-order valence-corrected chi connectivity index (χ2v) is 5.38. The van der Waals surface area contributed by atoms with E-state index < -0.39 is 5.79 Å². The van der Waals surface area contributed by atoms with Gasteiger partial charge in [0.25, 0.3) is 0 Å². The Bertz CT molecular complexity index is 333. The van der Waals surface area contributed by atoms with Crippen molar-refractivity contribution in [2.75, 3.05) is 19.8 Å². The molecule has 0 aromatic carbocycles. The molecule has 1 saturated heterocycles. The minimum absolute atomic E-state index is 0.146. The fraction of sp³-hybridized carbons (Fsp3) is 0.750. The van der Waals surface area contributed by atoms with Crippen LogP contribution < -0.4 is 0 Å². The highest BCUT2D eigenvalue weighted by molar-refractivity contribution is 5.01. The van der Waals surface area contributed by atoms with Crippen LogP contribution in [0.5, 0.6) is 0 Å². The molecule has 4 heteroatoms. The second-order valence-electron chi connectivity index (χ2n) is 5.38. The van der Waals surface area contributed by atoms with E-state index in [2.05, 4.69) is 13.2 Å². The van der Waals surface area contributed by atoms with E-state index in [0.717, 1.165) is 25.7 Å². The van der Waals surface area contributed by atoms with Gasteiger partial charge >= 0.3 is 0 Å². The average molecular weight is 282 g/mol. The number of rotatable bonds is 7. The molecule has 2 aliphatic rings. The first kappa shape index (κ1) is 15.5. The Labute approximate surface area is 121 Å². The molecule has 0 unspecified atom stereocenters. The Kier molecular flexibility index (Phi) is 5.64. The molecule has 1 heterocycles. The van der Waals surface area contributed by atoms with Gasteiger partial charge in [0.2, 0.25) is 0 Å². The van der Waals surface area contributed by atoms with Crippen molar-refractivity contribution in [1.82, 2.24) is 0 Å². The third kappa shape index (κ3) is 3.62. The van der Waals surface area contributed by atoms with Crippen molar-refractivity contribution in [1.29, 1.82) is 0 Å². The zero-order chi connectivity index (χ0) is 14.4. The maximum absolute atomic E-state index is 6.19. The first-order chi connectivity index (χ1) is 9.71. The van der Waals surface area contributed by atoms with Gasteiger partial charge in [-0.1, -0.05) is 19.1 Å². The van der Waals surface area contributed by atoms with Crippen LogP contribution in [0.3, 0.4) is 0 Å². The topological polar surface area (TPSA) is 36.9 Å². The van der Waals surface area contributed by atoms with E-state index in [4.69, 9.17) is 18.9 Å². The molecule has 4 nitrogen and oxygen atoms in total. The van der Waals surface area contributed by atoms with Gasteiger partial charge in [-0.05, 0) is 19.8 Å². The van der Waals surface area contributed by atoms with E-state index in [1.807, 2.05) is 6.92 Å². The van der Waals surface area contributed by atoms with Crippen molar-refractivity contribution in [2.24, 2.45) is 0 Å². The van der Waals surface area contributed by atoms with Gasteiger partial charge in [0.05, 0.1) is 19.8 Å². The first-order valence-electron chi connectivity index (χ1n) is 7.56. The lowest BCUT2D eigenvalue weighted by Crippen LogP contribution is -2.38. The van der Waals surface area contributed by atoms with E-state index >= 15 is 0 Å². The summed E-state index contributed by atoms with van der Waals surface area (Å²) >= 11 is 0. The third-order valence-corrected chi connectivity index (χ3v) is 3.87. The molecule has 2 fully saturated rings. The summed E-state index contributed by atoms with van der Waals surface area (Å²) < 4.78 is 23.4. The molecule has 0 radical (unpaired) electrons. The fourth-order valence-electron chi connectivity index (χ4n) is 2.93. The van der Waals surface area contributed by atoms with Crippen LogP contribution in [0.1, 0.15) is 39.0 Å². The van der Waals surface area contributed by atoms with Crippen LogP contribution in [0.4, 0.5) is 0 Å². The molecule has 0 amide bonds. The van der Waals surface area contributed by atoms with E-state index in [1.165, 1.54) is 6.42 Å². The summed E-state index contributed by atoms with van der Waals surface area (Å²) in [6, 6.07) is 0. The molecule has 1 aliphatic carbocycles. The minimum atomic E-state index is -0.398. The lowest BCUT2D eigenvalue weighted by atomic mass is 9.94. The van der Waals surface area contributed by atoms with Crippen molar-refractivity contribution in [2.45, 2.75) is 57.0 Å². The van der Waals surface area contributed by atoms with E-state index in [9.17, 15) is 0 Å². The van der Waals surface area contributed by atoms with Crippen molar-refractivity contribution in [3.05, 3.63) is 25.0 Å². The Hall–Kier alpha value is -0.840. The van der Waals surface area contributed by atoms with Gasteiger partial charge in [-0.2, -0.15) is 0 Å². The van der Waals surface area contributed by atoms with Crippen molar-refractivity contribution in [3.8, 4) is 0 Å². The summed E-state index contributed by atoms with van der Waals surface area (Å²) in [5.41, 5.74) is 0. The molecule has 0 N–H and O–H groups in total. The van der Waals surface area contributed by atoms with Gasteiger partial charge < -0.3 is 18.9 Å². The Morgan fingerprint density at radius 2 is 2.15 bits per heavy atom. The predicted octanol–water partition coefficient (Wildman–Crippen LogP) is 3.18. The number of ether oxygens (including phenoxy) is 4. The molecule has 1 aliphatic heterocycles. The van der Waals surface area contributed by atoms with Crippen molar-refractivity contribution >= 4 is 0 Å². The molecule has 0 aromatic heterocycles. The van der Waals surface area contributed by atoms with Crippen LogP contribution in [0, 0.1) is 0 Å². The molecule has 0 bridgehead atoms. The van der Waals surface area contributed by atoms with E-state index in [0.29, 0.717) is 25.6 Å². The van der Waals surface area contributed by atoms with Gasteiger partial charge in [0, 0.05) is 12.8 Å². The highest BCUT2D eigenvalue weighted by Gasteiger charge is 2.46. The molecule has 20 heavy (non-hydrogen) atoms. The molecule has 1 spiro atoms. The summed E-state index contributed by atoms with van der Waals surface area (Å²) in [5.74, 6) is 0.210. The summed E-state index contributed by atoms with van der Waals surface area (Å²) in [7, 11) is 0. The average Bonchev–Trinajstić information content (AvgIpc) is 2.84. The Balaban J connectivity index is 1.98. The largest absolute Gasteiger partial charge is 0.496 e. The van der Waals surface area contributed by atoms with Crippen LogP contribution >= 0.6 is 0 Å². The second kappa shape index (κ2) is 7.25. The maximum atomic E-state index is 6.19. The van der Waals surface area contributed by atoms with E-state index in [-0.39, 0.29) is 12.2 Å². The summed E-state index contributed by atoms with van der Waals surface area (Å²) in [6.07, 6.45) is 6.81. The highest BCUT2D eigenvalue weighted by Crippen LogP contribution is 2.39. The van der Waals surface area contributed by atoms with Crippen molar-refractivity contribution < 1.29 is 18.9 Å². The summed E-state index contributed by atoms with van der Waals surface area (Å²) in [6.45, 7) is 11.1.